The predicted molar refractivity (Wildman–Crippen MR) is 54.6 cm³/mol. The van der Waals surface area contributed by atoms with Crippen molar-refractivity contribution in [3.05, 3.63) is 35.9 Å². The summed E-state index contributed by atoms with van der Waals surface area (Å²) in [5.74, 6) is 0. The Labute approximate surface area is 84.3 Å². The van der Waals surface area contributed by atoms with Crippen molar-refractivity contribution in [2.24, 2.45) is 0 Å². The molecule has 0 bridgehead atoms. The van der Waals surface area contributed by atoms with Gasteiger partial charge in [0, 0.05) is 6.54 Å². The molecule has 0 spiro atoms. The van der Waals surface area contributed by atoms with Gasteiger partial charge in [0.05, 0.1) is 25.8 Å². The maximum absolute atomic E-state index is 8.25. The molecule has 1 N–H and O–H groups in total. The number of hydrogen-bond donors (Lipinski definition) is 1. The zero-order valence-corrected chi connectivity index (χ0v) is 8.07. The monoisotopic (exact) mass is 190 g/mol. The second-order valence-corrected chi connectivity index (χ2v) is 2.87. The van der Waals surface area contributed by atoms with Gasteiger partial charge >= 0.3 is 0 Å². The van der Waals surface area contributed by atoms with Gasteiger partial charge in [0.2, 0.25) is 0 Å². The fourth-order valence-electron chi connectivity index (χ4n) is 1.05. The van der Waals surface area contributed by atoms with Gasteiger partial charge in [-0.05, 0) is 5.56 Å². The standard InChI is InChI=1S/C11H14N2O/c12-6-7-13-8-9-14-10-11-4-2-1-3-5-11/h1-5,13H,7-10H2. The van der Waals surface area contributed by atoms with Gasteiger partial charge < -0.3 is 10.1 Å². The number of benzene rings is 1. The summed E-state index contributed by atoms with van der Waals surface area (Å²) in [6.45, 7) is 2.38. The summed E-state index contributed by atoms with van der Waals surface area (Å²) < 4.78 is 5.39. The van der Waals surface area contributed by atoms with E-state index in [1.54, 1.807) is 0 Å². The maximum Gasteiger partial charge on any atom is 0.0841 e. The summed E-state index contributed by atoms with van der Waals surface area (Å²) in [5.41, 5.74) is 1.17. The van der Waals surface area contributed by atoms with E-state index in [2.05, 4.69) is 5.32 Å². The molecule has 0 unspecified atom stereocenters. The summed E-state index contributed by atoms with van der Waals surface area (Å²) in [6.07, 6.45) is 0. The van der Waals surface area contributed by atoms with Crippen molar-refractivity contribution >= 4 is 0 Å². The van der Waals surface area contributed by atoms with Crippen LogP contribution < -0.4 is 5.32 Å². The van der Waals surface area contributed by atoms with Crippen LogP contribution in [0.1, 0.15) is 5.56 Å². The zero-order chi connectivity index (χ0) is 10.1. The normalized spacial score (nSPS) is 9.64. The molecule has 0 saturated heterocycles. The van der Waals surface area contributed by atoms with Gasteiger partial charge in [-0.25, -0.2) is 0 Å². The van der Waals surface area contributed by atoms with E-state index in [9.17, 15) is 0 Å². The summed E-state index contributed by atoms with van der Waals surface area (Å²) in [5, 5.41) is 11.2. The molecule has 0 heterocycles. The van der Waals surface area contributed by atoms with E-state index in [-0.39, 0.29) is 0 Å². The van der Waals surface area contributed by atoms with Crippen LogP contribution in [0.15, 0.2) is 30.3 Å². The van der Waals surface area contributed by atoms with Gasteiger partial charge in [0.15, 0.2) is 0 Å². The van der Waals surface area contributed by atoms with Crippen LogP contribution in [0.4, 0.5) is 0 Å². The molecule has 0 aliphatic rings. The SMILES string of the molecule is N#CCNCCOCc1ccccc1. The highest BCUT2D eigenvalue weighted by molar-refractivity contribution is 5.13. The van der Waals surface area contributed by atoms with Crippen LogP contribution in [0.25, 0.3) is 0 Å². The first-order valence-corrected chi connectivity index (χ1v) is 4.63. The van der Waals surface area contributed by atoms with E-state index in [0.717, 1.165) is 6.54 Å². The van der Waals surface area contributed by atoms with Gasteiger partial charge in [0.1, 0.15) is 0 Å². The molecule has 0 aliphatic carbocycles. The molecule has 0 aliphatic heterocycles. The van der Waals surface area contributed by atoms with Crippen molar-refractivity contribution in [3.8, 4) is 6.07 Å². The minimum absolute atomic E-state index is 0.384. The highest BCUT2D eigenvalue weighted by Crippen LogP contribution is 1.99. The van der Waals surface area contributed by atoms with E-state index in [1.807, 2.05) is 36.4 Å². The highest BCUT2D eigenvalue weighted by Gasteiger charge is 1.90. The molecule has 1 aromatic carbocycles. The van der Waals surface area contributed by atoms with Crippen LogP contribution in [-0.4, -0.2) is 19.7 Å². The molecule has 1 aromatic rings. The Hall–Kier alpha value is -1.37. The summed E-state index contributed by atoms with van der Waals surface area (Å²) in [7, 11) is 0. The molecule has 14 heavy (non-hydrogen) atoms. The number of nitrogens with zero attached hydrogens (tertiary/aromatic N) is 1. The molecule has 0 saturated carbocycles. The summed E-state index contributed by atoms with van der Waals surface area (Å²) in [4.78, 5) is 0. The zero-order valence-electron chi connectivity index (χ0n) is 8.07. The van der Waals surface area contributed by atoms with Gasteiger partial charge in [-0.15, -0.1) is 0 Å². The Kier molecular flexibility index (Phi) is 5.41. The molecule has 0 atom stereocenters. The Morgan fingerprint density at radius 2 is 2.07 bits per heavy atom. The van der Waals surface area contributed by atoms with Crippen molar-refractivity contribution in [1.82, 2.24) is 5.32 Å². The topological polar surface area (TPSA) is 45.0 Å². The van der Waals surface area contributed by atoms with E-state index < -0.39 is 0 Å². The molecule has 74 valence electrons. The summed E-state index contributed by atoms with van der Waals surface area (Å²) in [6, 6.07) is 12.0. The third-order valence-corrected chi connectivity index (χ3v) is 1.74. The molecular weight excluding hydrogens is 176 g/mol. The first-order valence-electron chi connectivity index (χ1n) is 4.63. The van der Waals surface area contributed by atoms with Crippen LogP contribution in [-0.2, 0) is 11.3 Å². The first kappa shape index (κ1) is 10.7. The second-order valence-electron chi connectivity index (χ2n) is 2.87. The molecule has 0 radical (unpaired) electrons. The van der Waals surface area contributed by atoms with Crippen molar-refractivity contribution in [2.75, 3.05) is 19.7 Å². The van der Waals surface area contributed by atoms with Gasteiger partial charge in [-0.3, -0.25) is 0 Å². The third kappa shape index (κ3) is 4.61. The highest BCUT2D eigenvalue weighted by atomic mass is 16.5. The Balaban J connectivity index is 2.03. The van der Waals surface area contributed by atoms with Crippen molar-refractivity contribution in [3.63, 3.8) is 0 Å². The van der Waals surface area contributed by atoms with E-state index in [1.165, 1.54) is 5.56 Å². The summed E-state index contributed by atoms with van der Waals surface area (Å²) >= 11 is 0. The number of nitrogens with one attached hydrogen (secondary N) is 1. The van der Waals surface area contributed by atoms with Crippen LogP contribution >= 0.6 is 0 Å². The van der Waals surface area contributed by atoms with E-state index in [4.69, 9.17) is 10.00 Å². The lowest BCUT2D eigenvalue weighted by Crippen LogP contribution is -2.19. The third-order valence-electron chi connectivity index (χ3n) is 1.74. The second kappa shape index (κ2) is 7.07. The number of ether oxygens (including phenoxy) is 1. The lowest BCUT2D eigenvalue weighted by molar-refractivity contribution is 0.123. The van der Waals surface area contributed by atoms with Crippen molar-refractivity contribution in [1.29, 1.82) is 5.26 Å². The average Bonchev–Trinajstić information content (AvgIpc) is 2.25. The predicted octanol–water partition coefficient (Wildman–Crippen LogP) is 1.32. The fraction of sp³-hybridized carbons (Fsp3) is 0.364. The van der Waals surface area contributed by atoms with Crippen molar-refractivity contribution < 1.29 is 4.74 Å². The largest absolute Gasteiger partial charge is 0.375 e. The number of rotatable bonds is 6. The van der Waals surface area contributed by atoms with E-state index in [0.29, 0.717) is 19.8 Å². The first-order chi connectivity index (χ1) is 6.93. The van der Waals surface area contributed by atoms with Gasteiger partial charge in [-0.2, -0.15) is 5.26 Å². The van der Waals surface area contributed by atoms with Gasteiger partial charge in [0.25, 0.3) is 0 Å². The molecular formula is C11H14N2O. The van der Waals surface area contributed by atoms with E-state index >= 15 is 0 Å². The molecule has 0 amide bonds. The molecule has 3 nitrogen and oxygen atoms in total. The lowest BCUT2D eigenvalue weighted by atomic mass is 10.2. The molecule has 1 rings (SSSR count). The quantitative estimate of drug-likeness (QED) is 0.543. The Bertz CT molecular complexity index is 279. The van der Waals surface area contributed by atoms with Gasteiger partial charge in [-0.1, -0.05) is 30.3 Å². The van der Waals surface area contributed by atoms with Crippen LogP contribution in [0.2, 0.25) is 0 Å². The Morgan fingerprint density at radius 3 is 2.79 bits per heavy atom. The minimum Gasteiger partial charge on any atom is -0.375 e. The molecule has 0 fully saturated rings. The fourth-order valence-corrected chi connectivity index (χ4v) is 1.05. The minimum atomic E-state index is 0.384. The maximum atomic E-state index is 8.25. The molecule has 3 heteroatoms. The number of nitriles is 1. The average molecular weight is 190 g/mol. The number of hydrogen-bond acceptors (Lipinski definition) is 3. The Morgan fingerprint density at radius 1 is 1.29 bits per heavy atom. The van der Waals surface area contributed by atoms with Crippen molar-refractivity contribution in [2.45, 2.75) is 6.61 Å². The molecule has 0 aromatic heterocycles. The van der Waals surface area contributed by atoms with Crippen LogP contribution in [0.3, 0.4) is 0 Å². The smallest absolute Gasteiger partial charge is 0.0841 e. The van der Waals surface area contributed by atoms with Crippen LogP contribution in [0, 0.1) is 11.3 Å². The van der Waals surface area contributed by atoms with Crippen LogP contribution in [0.5, 0.6) is 0 Å². The lowest BCUT2D eigenvalue weighted by Gasteiger charge is -2.03.